The van der Waals surface area contributed by atoms with Crippen LogP contribution in [0.25, 0.3) is 21.3 Å². The molecule has 6 nitrogen and oxygen atoms in total. The Balaban J connectivity index is 1.78. The zero-order valence-electron chi connectivity index (χ0n) is 16.6. The summed E-state index contributed by atoms with van der Waals surface area (Å²) in [6, 6.07) is 10.4. The second-order valence-electron chi connectivity index (χ2n) is 7.15. The molecule has 0 aliphatic rings. The summed E-state index contributed by atoms with van der Waals surface area (Å²) >= 11 is 1.67. The number of thiophene rings is 1. The molecule has 1 N–H and O–H groups in total. The molecule has 0 aliphatic carbocycles. The van der Waals surface area contributed by atoms with Crippen LogP contribution < -0.4 is 5.32 Å². The van der Waals surface area contributed by atoms with Gasteiger partial charge < -0.3 is 10.2 Å². The first kappa shape index (κ1) is 18.6. The van der Waals surface area contributed by atoms with Gasteiger partial charge in [0.05, 0.1) is 18.1 Å². The molecule has 0 atom stereocenters. The average molecular weight is 393 g/mol. The topological polar surface area (TPSA) is 58.9 Å². The number of nitrogens with zero attached hydrogens (tertiary/aromatic N) is 5. The lowest BCUT2D eigenvalue weighted by atomic mass is 10.1. The molecule has 0 unspecified atom stereocenters. The van der Waals surface area contributed by atoms with Crippen molar-refractivity contribution in [3.05, 3.63) is 59.0 Å². The number of rotatable bonds is 6. The van der Waals surface area contributed by atoms with Crippen LogP contribution in [-0.4, -0.2) is 38.7 Å². The van der Waals surface area contributed by atoms with E-state index in [1.54, 1.807) is 11.3 Å². The minimum atomic E-state index is 0.678. The van der Waals surface area contributed by atoms with Gasteiger partial charge in [-0.05, 0) is 26.6 Å². The first-order chi connectivity index (χ1) is 13.5. The van der Waals surface area contributed by atoms with Crippen LogP contribution in [0.1, 0.15) is 17.1 Å². The molecule has 0 amide bonds. The van der Waals surface area contributed by atoms with E-state index >= 15 is 0 Å². The van der Waals surface area contributed by atoms with Crippen molar-refractivity contribution in [2.24, 2.45) is 7.05 Å². The molecule has 0 fully saturated rings. The highest BCUT2D eigenvalue weighted by Gasteiger charge is 2.16. The Kier molecular flexibility index (Phi) is 5.11. The van der Waals surface area contributed by atoms with Gasteiger partial charge in [-0.15, -0.1) is 11.3 Å². The lowest BCUT2D eigenvalue weighted by Gasteiger charge is -2.13. The largest absolute Gasteiger partial charge is 0.365 e. The summed E-state index contributed by atoms with van der Waals surface area (Å²) in [5.41, 5.74) is 4.67. The van der Waals surface area contributed by atoms with E-state index in [0.717, 1.165) is 27.6 Å². The van der Waals surface area contributed by atoms with Gasteiger partial charge in [-0.3, -0.25) is 4.68 Å². The second kappa shape index (κ2) is 7.69. The van der Waals surface area contributed by atoms with Gasteiger partial charge in [0, 0.05) is 35.8 Å². The molecule has 1 aromatic carbocycles. The monoisotopic (exact) mass is 392 g/mol. The lowest BCUT2D eigenvalue weighted by Crippen LogP contribution is -2.14. The maximum Gasteiger partial charge on any atom is 0.146 e. The lowest BCUT2D eigenvalue weighted by molar-refractivity contribution is 0.391. The summed E-state index contributed by atoms with van der Waals surface area (Å²) in [5, 5.41) is 11.2. The highest BCUT2D eigenvalue weighted by atomic mass is 32.1. The third-order valence-corrected chi connectivity index (χ3v) is 5.68. The summed E-state index contributed by atoms with van der Waals surface area (Å²) in [6.07, 6.45) is 1.91. The molecule has 0 radical (unpaired) electrons. The van der Waals surface area contributed by atoms with Gasteiger partial charge >= 0.3 is 0 Å². The molecule has 3 aromatic heterocycles. The van der Waals surface area contributed by atoms with Gasteiger partial charge in [0.2, 0.25) is 0 Å². The number of aryl methyl sites for hydroxylation is 1. The molecule has 28 heavy (non-hydrogen) atoms. The maximum absolute atomic E-state index is 4.87. The Bertz CT molecular complexity index is 1100. The quantitative estimate of drug-likeness (QED) is 0.536. The molecular weight excluding hydrogens is 368 g/mol. The molecule has 0 aliphatic heterocycles. The number of nitrogens with one attached hydrogen (secondary N) is 1. The molecule has 0 bridgehead atoms. The SMILES string of the molecule is Cc1c(CNc2nc(CN(C)C)nc3scc(-c4ccccc4)c23)cnn1C. The molecule has 7 heteroatoms. The fourth-order valence-corrected chi connectivity index (χ4v) is 4.16. The van der Waals surface area contributed by atoms with E-state index in [2.05, 4.69) is 51.9 Å². The fraction of sp³-hybridized carbons (Fsp3) is 0.286. The van der Waals surface area contributed by atoms with Crippen LogP contribution in [0.4, 0.5) is 5.82 Å². The molecule has 144 valence electrons. The third kappa shape index (κ3) is 3.63. The van der Waals surface area contributed by atoms with Crippen LogP contribution in [0.5, 0.6) is 0 Å². The van der Waals surface area contributed by atoms with Crippen LogP contribution in [0.2, 0.25) is 0 Å². The predicted molar refractivity (Wildman–Crippen MR) is 116 cm³/mol. The van der Waals surface area contributed by atoms with Crippen molar-refractivity contribution in [2.75, 3.05) is 19.4 Å². The number of aromatic nitrogens is 4. The number of fused-ring (bicyclic) bond motifs is 1. The van der Waals surface area contributed by atoms with Crippen molar-refractivity contribution < 1.29 is 0 Å². The zero-order valence-corrected chi connectivity index (χ0v) is 17.4. The molecule has 0 spiro atoms. The zero-order chi connectivity index (χ0) is 19.7. The Morgan fingerprint density at radius 2 is 1.93 bits per heavy atom. The van der Waals surface area contributed by atoms with Crippen LogP contribution in [0, 0.1) is 6.92 Å². The summed E-state index contributed by atoms with van der Waals surface area (Å²) in [4.78, 5) is 12.8. The molecule has 4 rings (SSSR count). The molecule has 3 heterocycles. The summed E-state index contributed by atoms with van der Waals surface area (Å²) in [7, 11) is 6.02. The fourth-order valence-electron chi connectivity index (χ4n) is 3.19. The van der Waals surface area contributed by atoms with E-state index < -0.39 is 0 Å². The maximum atomic E-state index is 4.87. The van der Waals surface area contributed by atoms with Crippen LogP contribution in [0.15, 0.2) is 41.9 Å². The summed E-state index contributed by atoms with van der Waals surface area (Å²) in [6.45, 7) is 3.46. The summed E-state index contributed by atoms with van der Waals surface area (Å²) < 4.78 is 1.89. The minimum Gasteiger partial charge on any atom is -0.365 e. The van der Waals surface area contributed by atoms with Gasteiger partial charge in [0.1, 0.15) is 16.5 Å². The molecule has 4 aromatic rings. The van der Waals surface area contributed by atoms with Gasteiger partial charge in [0.25, 0.3) is 0 Å². The Morgan fingerprint density at radius 1 is 1.14 bits per heavy atom. The van der Waals surface area contributed by atoms with E-state index in [4.69, 9.17) is 9.97 Å². The van der Waals surface area contributed by atoms with E-state index in [1.165, 1.54) is 16.7 Å². The van der Waals surface area contributed by atoms with E-state index in [0.29, 0.717) is 13.1 Å². The standard InChI is InChI=1S/C21H24N6S/c1-14-16(11-23-27(14)4)10-22-20-19-17(15-8-6-5-7-9-15)13-28-21(19)25-18(24-20)12-26(2)3/h5-9,11,13H,10,12H2,1-4H3,(H,22,24,25). The van der Waals surface area contributed by atoms with Gasteiger partial charge in [0.15, 0.2) is 0 Å². The number of anilines is 1. The Labute approximate surface area is 168 Å². The number of benzene rings is 1. The normalized spacial score (nSPS) is 11.5. The van der Waals surface area contributed by atoms with E-state index in [1.807, 2.05) is 38.1 Å². The first-order valence-corrected chi connectivity index (χ1v) is 10.1. The highest BCUT2D eigenvalue weighted by Crippen LogP contribution is 2.37. The van der Waals surface area contributed by atoms with Crippen molar-refractivity contribution in [1.29, 1.82) is 0 Å². The predicted octanol–water partition coefficient (Wildman–Crippen LogP) is 4.07. The summed E-state index contributed by atoms with van der Waals surface area (Å²) in [5.74, 6) is 1.70. The third-order valence-electron chi connectivity index (χ3n) is 4.81. The van der Waals surface area contributed by atoms with Crippen molar-refractivity contribution in [1.82, 2.24) is 24.6 Å². The smallest absolute Gasteiger partial charge is 0.146 e. The molecule has 0 saturated carbocycles. The van der Waals surface area contributed by atoms with Gasteiger partial charge in [-0.2, -0.15) is 5.10 Å². The van der Waals surface area contributed by atoms with E-state index in [-0.39, 0.29) is 0 Å². The Hall–Kier alpha value is -2.77. The number of hydrogen-bond acceptors (Lipinski definition) is 6. The van der Waals surface area contributed by atoms with Gasteiger partial charge in [-0.1, -0.05) is 30.3 Å². The average Bonchev–Trinajstić information content (AvgIpc) is 3.24. The van der Waals surface area contributed by atoms with Crippen molar-refractivity contribution in [3.63, 3.8) is 0 Å². The van der Waals surface area contributed by atoms with E-state index in [9.17, 15) is 0 Å². The Morgan fingerprint density at radius 3 is 2.61 bits per heavy atom. The molecule has 0 saturated heterocycles. The molecular formula is C21H24N6S. The van der Waals surface area contributed by atoms with Crippen LogP contribution in [-0.2, 0) is 20.1 Å². The van der Waals surface area contributed by atoms with Crippen LogP contribution in [0.3, 0.4) is 0 Å². The van der Waals surface area contributed by atoms with Crippen molar-refractivity contribution >= 4 is 27.4 Å². The number of hydrogen-bond donors (Lipinski definition) is 1. The van der Waals surface area contributed by atoms with Gasteiger partial charge in [-0.25, -0.2) is 9.97 Å². The first-order valence-electron chi connectivity index (χ1n) is 9.22. The minimum absolute atomic E-state index is 0.678. The van der Waals surface area contributed by atoms with Crippen LogP contribution >= 0.6 is 11.3 Å². The van der Waals surface area contributed by atoms with Crippen molar-refractivity contribution in [3.8, 4) is 11.1 Å². The van der Waals surface area contributed by atoms with Crippen molar-refractivity contribution in [2.45, 2.75) is 20.0 Å². The second-order valence-corrected chi connectivity index (χ2v) is 8.01. The highest BCUT2D eigenvalue weighted by molar-refractivity contribution is 7.17.